The summed E-state index contributed by atoms with van der Waals surface area (Å²) in [5.74, 6) is 0.224. The smallest absolute Gasteiger partial charge is 0.227 e. The summed E-state index contributed by atoms with van der Waals surface area (Å²) in [6.07, 6.45) is 0.778. The Bertz CT molecular complexity index is 566. The lowest BCUT2D eigenvalue weighted by Crippen LogP contribution is -2.33. The second-order valence-corrected chi connectivity index (χ2v) is 6.93. The summed E-state index contributed by atoms with van der Waals surface area (Å²) in [4.78, 5) is 16.7. The van der Waals surface area contributed by atoms with Gasteiger partial charge in [-0.25, -0.2) is 4.98 Å². The van der Waals surface area contributed by atoms with E-state index < -0.39 is 0 Å². The molecule has 0 aliphatic heterocycles. The number of amides is 1. The number of nitrogens with one attached hydrogen (secondary N) is 1. The van der Waals surface area contributed by atoms with Crippen LogP contribution >= 0.6 is 27.3 Å². The van der Waals surface area contributed by atoms with E-state index >= 15 is 0 Å². The van der Waals surface area contributed by atoms with Crippen LogP contribution < -0.4 is 5.32 Å². The maximum absolute atomic E-state index is 12.5. The normalized spacial score (nSPS) is 12.4. The van der Waals surface area contributed by atoms with Crippen LogP contribution in [0.25, 0.3) is 0 Å². The maximum Gasteiger partial charge on any atom is 0.227 e. The zero-order valence-corrected chi connectivity index (χ0v) is 14.6. The maximum atomic E-state index is 12.5. The molecule has 0 saturated heterocycles. The number of hydrogen-bond acceptors (Lipinski definition) is 3. The van der Waals surface area contributed by atoms with Gasteiger partial charge in [0.1, 0.15) is 0 Å². The SMILES string of the molecule is CC(C)C(C(=O)NCCc1cscn1)c1ccc(Br)cc1. The van der Waals surface area contributed by atoms with Crippen molar-refractivity contribution >= 4 is 33.2 Å². The summed E-state index contributed by atoms with van der Waals surface area (Å²) in [6.45, 7) is 4.78. The molecule has 1 heterocycles. The van der Waals surface area contributed by atoms with Gasteiger partial charge in [-0.3, -0.25) is 4.79 Å². The fourth-order valence-corrected chi connectivity index (χ4v) is 3.15. The van der Waals surface area contributed by atoms with Gasteiger partial charge < -0.3 is 5.32 Å². The number of carbonyl (C=O) groups excluding carboxylic acids is 1. The molecule has 1 aromatic carbocycles. The van der Waals surface area contributed by atoms with Gasteiger partial charge in [0, 0.05) is 22.8 Å². The van der Waals surface area contributed by atoms with E-state index in [4.69, 9.17) is 0 Å². The van der Waals surface area contributed by atoms with E-state index in [-0.39, 0.29) is 17.7 Å². The Morgan fingerprint density at radius 1 is 1.33 bits per heavy atom. The number of thiazole rings is 1. The third kappa shape index (κ3) is 4.64. The molecule has 21 heavy (non-hydrogen) atoms. The summed E-state index contributed by atoms with van der Waals surface area (Å²) in [6, 6.07) is 7.98. The topological polar surface area (TPSA) is 42.0 Å². The van der Waals surface area contributed by atoms with Crippen LogP contribution in [0, 0.1) is 5.92 Å². The minimum atomic E-state index is -0.117. The third-order valence-corrected chi connectivity index (χ3v) is 4.51. The van der Waals surface area contributed by atoms with Crippen LogP contribution in [-0.2, 0) is 11.2 Å². The van der Waals surface area contributed by atoms with Crippen LogP contribution in [0.1, 0.15) is 31.0 Å². The number of aromatic nitrogens is 1. The number of carbonyl (C=O) groups is 1. The first-order valence-electron chi connectivity index (χ1n) is 6.98. The van der Waals surface area contributed by atoms with Gasteiger partial charge in [-0.05, 0) is 23.6 Å². The van der Waals surface area contributed by atoms with E-state index in [0.717, 1.165) is 22.2 Å². The molecule has 0 fully saturated rings. The van der Waals surface area contributed by atoms with Crippen LogP contribution in [-0.4, -0.2) is 17.4 Å². The highest BCUT2D eigenvalue weighted by Gasteiger charge is 2.23. The average Bonchev–Trinajstić information content (AvgIpc) is 2.94. The molecule has 112 valence electrons. The van der Waals surface area contributed by atoms with Gasteiger partial charge in [0.05, 0.1) is 17.1 Å². The van der Waals surface area contributed by atoms with Gasteiger partial charge in [-0.15, -0.1) is 11.3 Å². The summed E-state index contributed by atoms with van der Waals surface area (Å²) >= 11 is 5.01. The highest BCUT2D eigenvalue weighted by molar-refractivity contribution is 9.10. The number of hydrogen-bond donors (Lipinski definition) is 1. The highest BCUT2D eigenvalue weighted by atomic mass is 79.9. The van der Waals surface area contributed by atoms with E-state index in [9.17, 15) is 4.79 Å². The first kappa shape index (κ1) is 16.2. The molecule has 1 unspecified atom stereocenters. The molecule has 1 amide bonds. The molecule has 2 rings (SSSR count). The third-order valence-electron chi connectivity index (χ3n) is 3.34. The second-order valence-electron chi connectivity index (χ2n) is 5.29. The van der Waals surface area contributed by atoms with Gasteiger partial charge in [0.25, 0.3) is 0 Å². The van der Waals surface area contributed by atoms with Crippen molar-refractivity contribution in [1.82, 2.24) is 10.3 Å². The van der Waals surface area contributed by atoms with Crippen molar-refractivity contribution < 1.29 is 4.79 Å². The van der Waals surface area contributed by atoms with Crippen LogP contribution in [0.2, 0.25) is 0 Å². The largest absolute Gasteiger partial charge is 0.355 e. The molecule has 2 aromatic rings. The molecule has 0 bridgehead atoms. The second kappa shape index (κ2) is 7.71. The minimum absolute atomic E-state index is 0.0857. The Morgan fingerprint density at radius 2 is 2.05 bits per heavy atom. The van der Waals surface area contributed by atoms with Gasteiger partial charge in [-0.1, -0.05) is 41.9 Å². The molecule has 0 spiro atoms. The fraction of sp³-hybridized carbons (Fsp3) is 0.375. The molecule has 1 aromatic heterocycles. The molecule has 0 aliphatic rings. The number of benzene rings is 1. The average molecular weight is 367 g/mol. The Kier molecular flexibility index (Phi) is 5.94. The summed E-state index contributed by atoms with van der Waals surface area (Å²) < 4.78 is 1.03. The standard InChI is InChI=1S/C16H19BrN2OS/c1-11(2)15(12-3-5-13(17)6-4-12)16(20)18-8-7-14-9-21-10-19-14/h3-6,9-11,15H,7-8H2,1-2H3,(H,18,20). The number of halogens is 1. The summed E-state index contributed by atoms with van der Waals surface area (Å²) in [5.41, 5.74) is 3.90. The van der Waals surface area contributed by atoms with Crippen molar-refractivity contribution in [1.29, 1.82) is 0 Å². The fourth-order valence-electron chi connectivity index (χ4n) is 2.29. The summed E-state index contributed by atoms with van der Waals surface area (Å²) in [7, 11) is 0. The van der Waals surface area contributed by atoms with E-state index in [1.54, 1.807) is 11.3 Å². The molecule has 0 aliphatic carbocycles. The Hall–Kier alpha value is -1.20. The zero-order chi connectivity index (χ0) is 15.2. The quantitative estimate of drug-likeness (QED) is 0.839. The van der Waals surface area contributed by atoms with Crippen LogP contribution in [0.5, 0.6) is 0 Å². The van der Waals surface area contributed by atoms with Gasteiger partial charge in [-0.2, -0.15) is 0 Å². The first-order chi connectivity index (χ1) is 10.1. The predicted molar refractivity (Wildman–Crippen MR) is 90.5 cm³/mol. The van der Waals surface area contributed by atoms with Crippen molar-refractivity contribution in [2.24, 2.45) is 5.92 Å². The van der Waals surface area contributed by atoms with Crippen molar-refractivity contribution in [2.45, 2.75) is 26.2 Å². The van der Waals surface area contributed by atoms with Gasteiger partial charge in [0.2, 0.25) is 5.91 Å². The summed E-state index contributed by atoms with van der Waals surface area (Å²) in [5, 5.41) is 5.04. The van der Waals surface area contributed by atoms with Crippen molar-refractivity contribution in [2.75, 3.05) is 6.54 Å². The van der Waals surface area contributed by atoms with Gasteiger partial charge >= 0.3 is 0 Å². The molecule has 0 saturated carbocycles. The Balaban J connectivity index is 1.97. The lowest BCUT2D eigenvalue weighted by Gasteiger charge is -2.20. The van der Waals surface area contributed by atoms with E-state index in [2.05, 4.69) is 40.1 Å². The van der Waals surface area contributed by atoms with E-state index in [1.165, 1.54) is 0 Å². The highest BCUT2D eigenvalue weighted by Crippen LogP contribution is 2.26. The lowest BCUT2D eigenvalue weighted by atomic mass is 9.87. The van der Waals surface area contributed by atoms with Crippen LogP contribution in [0.15, 0.2) is 39.6 Å². The molecule has 1 atom stereocenters. The monoisotopic (exact) mass is 366 g/mol. The van der Waals surface area contributed by atoms with Crippen molar-refractivity contribution in [3.8, 4) is 0 Å². The number of nitrogens with zero attached hydrogens (tertiary/aromatic N) is 1. The van der Waals surface area contributed by atoms with Gasteiger partial charge in [0.15, 0.2) is 0 Å². The number of rotatable bonds is 6. The first-order valence-corrected chi connectivity index (χ1v) is 8.71. The molecule has 3 nitrogen and oxygen atoms in total. The predicted octanol–water partition coefficient (Wildman–Crippen LogP) is 4.00. The van der Waals surface area contributed by atoms with E-state index in [0.29, 0.717) is 6.54 Å². The van der Waals surface area contributed by atoms with E-state index in [1.807, 2.05) is 35.2 Å². The molecule has 1 N–H and O–H groups in total. The minimum Gasteiger partial charge on any atom is -0.355 e. The van der Waals surface area contributed by atoms with Crippen molar-refractivity contribution in [3.63, 3.8) is 0 Å². The molecular weight excluding hydrogens is 348 g/mol. The lowest BCUT2D eigenvalue weighted by molar-refractivity contribution is -0.123. The Morgan fingerprint density at radius 3 is 2.62 bits per heavy atom. The van der Waals surface area contributed by atoms with Crippen LogP contribution in [0.4, 0.5) is 0 Å². The Labute approximate surface area is 137 Å². The zero-order valence-electron chi connectivity index (χ0n) is 12.2. The van der Waals surface area contributed by atoms with Crippen LogP contribution in [0.3, 0.4) is 0 Å². The molecule has 5 heteroatoms. The van der Waals surface area contributed by atoms with Crippen molar-refractivity contribution in [3.05, 3.63) is 50.9 Å². The molecular formula is C16H19BrN2OS. The molecule has 0 radical (unpaired) electrons.